The first-order chi connectivity index (χ1) is 8.09. The number of para-hydroxylation sites is 1. The predicted octanol–water partition coefficient (Wildman–Crippen LogP) is 1.28. The third-order valence-corrected chi connectivity index (χ3v) is 2.18. The lowest BCUT2D eigenvalue weighted by Crippen LogP contribution is -2.07. The number of benzene rings is 1. The highest BCUT2D eigenvalue weighted by molar-refractivity contribution is 5.61. The molecule has 1 fully saturated rings. The maximum atomic E-state index is 10.8. The molecular formula is C9H8N2O6. The average Bonchev–Trinajstić information content (AvgIpc) is 3.09. The van der Waals surface area contributed by atoms with Crippen molar-refractivity contribution < 1.29 is 19.3 Å². The van der Waals surface area contributed by atoms with Gasteiger partial charge >= 0.3 is 11.4 Å². The SMILES string of the molecule is O=[N+]([O-])c1cccc(OCC2CO2)c1[N+](=O)[O-]. The van der Waals surface area contributed by atoms with Crippen LogP contribution in [0.5, 0.6) is 5.75 Å². The third-order valence-electron chi connectivity index (χ3n) is 2.18. The Morgan fingerprint density at radius 2 is 2.06 bits per heavy atom. The second kappa shape index (κ2) is 4.34. The maximum absolute atomic E-state index is 10.8. The molecule has 0 bridgehead atoms. The van der Waals surface area contributed by atoms with Crippen LogP contribution in [0.1, 0.15) is 0 Å². The molecule has 1 aliphatic rings. The summed E-state index contributed by atoms with van der Waals surface area (Å²) in [7, 11) is 0. The lowest BCUT2D eigenvalue weighted by Gasteiger charge is -2.04. The van der Waals surface area contributed by atoms with Crippen molar-refractivity contribution in [2.45, 2.75) is 6.10 Å². The Balaban J connectivity index is 2.31. The Bertz CT molecular complexity index is 471. The number of rotatable bonds is 5. The van der Waals surface area contributed by atoms with Crippen LogP contribution < -0.4 is 4.74 Å². The summed E-state index contributed by atoms with van der Waals surface area (Å²) in [5.41, 5.74) is -1.21. The minimum atomic E-state index is -0.818. The van der Waals surface area contributed by atoms with Gasteiger partial charge in [0.15, 0.2) is 0 Å². The number of nitrogens with zero attached hydrogens (tertiary/aromatic N) is 2. The van der Waals surface area contributed by atoms with Gasteiger partial charge in [-0.2, -0.15) is 0 Å². The van der Waals surface area contributed by atoms with Crippen LogP contribution in [0, 0.1) is 20.2 Å². The Hall–Kier alpha value is -2.22. The highest BCUT2D eigenvalue weighted by Crippen LogP contribution is 2.36. The van der Waals surface area contributed by atoms with E-state index in [4.69, 9.17) is 9.47 Å². The highest BCUT2D eigenvalue weighted by Gasteiger charge is 2.31. The number of ether oxygens (including phenoxy) is 2. The van der Waals surface area contributed by atoms with Crippen LogP contribution in [0.25, 0.3) is 0 Å². The van der Waals surface area contributed by atoms with Crippen LogP contribution in [0.2, 0.25) is 0 Å². The molecule has 0 radical (unpaired) electrons. The van der Waals surface area contributed by atoms with Gasteiger partial charge in [-0.05, 0) is 6.07 Å². The van der Waals surface area contributed by atoms with Crippen molar-refractivity contribution in [3.63, 3.8) is 0 Å². The fourth-order valence-corrected chi connectivity index (χ4v) is 1.31. The van der Waals surface area contributed by atoms with Gasteiger partial charge in [0, 0.05) is 6.07 Å². The Morgan fingerprint density at radius 3 is 2.59 bits per heavy atom. The normalized spacial score (nSPS) is 17.5. The monoisotopic (exact) mass is 240 g/mol. The van der Waals surface area contributed by atoms with Gasteiger partial charge in [-0.1, -0.05) is 6.07 Å². The van der Waals surface area contributed by atoms with E-state index in [9.17, 15) is 20.2 Å². The van der Waals surface area contributed by atoms with Gasteiger partial charge in [0.2, 0.25) is 5.75 Å². The molecular weight excluding hydrogens is 232 g/mol. The molecule has 0 spiro atoms. The summed E-state index contributed by atoms with van der Waals surface area (Å²) in [5.74, 6) is -0.111. The van der Waals surface area contributed by atoms with E-state index in [0.29, 0.717) is 6.61 Å². The van der Waals surface area contributed by atoms with Crippen molar-refractivity contribution in [3.8, 4) is 5.75 Å². The van der Waals surface area contributed by atoms with E-state index in [-0.39, 0.29) is 18.5 Å². The van der Waals surface area contributed by atoms with E-state index in [1.165, 1.54) is 12.1 Å². The molecule has 0 N–H and O–H groups in total. The van der Waals surface area contributed by atoms with Gasteiger partial charge in [-0.15, -0.1) is 0 Å². The zero-order chi connectivity index (χ0) is 12.4. The second-order valence-corrected chi connectivity index (χ2v) is 3.40. The van der Waals surface area contributed by atoms with E-state index in [0.717, 1.165) is 6.07 Å². The molecule has 1 aromatic carbocycles. The Labute approximate surface area is 95.1 Å². The van der Waals surface area contributed by atoms with Crippen molar-refractivity contribution in [3.05, 3.63) is 38.4 Å². The first-order valence-corrected chi connectivity index (χ1v) is 4.76. The Kier molecular flexibility index (Phi) is 2.88. The molecule has 0 aliphatic carbocycles. The number of nitro benzene ring substituents is 2. The van der Waals surface area contributed by atoms with Gasteiger partial charge < -0.3 is 9.47 Å². The van der Waals surface area contributed by atoms with Crippen molar-refractivity contribution >= 4 is 11.4 Å². The van der Waals surface area contributed by atoms with E-state index in [1.54, 1.807) is 0 Å². The van der Waals surface area contributed by atoms with E-state index in [1.807, 2.05) is 0 Å². The van der Waals surface area contributed by atoms with Crippen molar-refractivity contribution in [1.29, 1.82) is 0 Å². The Morgan fingerprint density at radius 1 is 1.35 bits per heavy atom. The summed E-state index contributed by atoms with van der Waals surface area (Å²) in [6.45, 7) is 0.699. The fourth-order valence-electron chi connectivity index (χ4n) is 1.31. The first kappa shape index (κ1) is 11.3. The van der Waals surface area contributed by atoms with Gasteiger partial charge in [0.1, 0.15) is 12.7 Å². The van der Waals surface area contributed by atoms with Crippen molar-refractivity contribution in [2.75, 3.05) is 13.2 Å². The molecule has 17 heavy (non-hydrogen) atoms. The number of nitro groups is 2. The lowest BCUT2D eigenvalue weighted by molar-refractivity contribution is -0.423. The van der Waals surface area contributed by atoms with Gasteiger partial charge in [-0.3, -0.25) is 20.2 Å². The summed E-state index contributed by atoms with van der Waals surface area (Å²) in [6, 6.07) is 3.74. The molecule has 1 unspecified atom stereocenters. The number of epoxide rings is 1. The van der Waals surface area contributed by atoms with Crippen LogP contribution >= 0.6 is 0 Å². The highest BCUT2D eigenvalue weighted by atomic mass is 16.6. The topological polar surface area (TPSA) is 108 Å². The first-order valence-electron chi connectivity index (χ1n) is 4.76. The van der Waals surface area contributed by atoms with Gasteiger partial charge in [0.05, 0.1) is 16.5 Å². The largest absolute Gasteiger partial charge is 0.484 e. The molecule has 1 aliphatic heterocycles. The van der Waals surface area contributed by atoms with Gasteiger partial charge in [0.25, 0.3) is 0 Å². The molecule has 0 saturated carbocycles. The summed E-state index contributed by atoms with van der Waals surface area (Å²) < 4.78 is 10.0. The predicted molar refractivity (Wildman–Crippen MR) is 55.0 cm³/mol. The summed E-state index contributed by atoms with van der Waals surface area (Å²) >= 11 is 0. The van der Waals surface area contributed by atoms with Crippen molar-refractivity contribution in [1.82, 2.24) is 0 Å². The van der Waals surface area contributed by atoms with Crippen LogP contribution in [-0.4, -0.2) is 29.2 Å². The fraction of sp³-hybridized carbons (Fsp3) is 0.333. The quantitative estimate of drug-likeness (QED) is 0.435. The van der Waals surface area contributed by atoms with Crippen LogP contribution in [0.15, 0.2) is 18.2 Å². The molecule has 2 rings (SSSR count). The number of hydrogen-bond donors (Lipinski definition) is 0. The molecule has 1 heterocycles. The molecule has 8 heteroatoms. The van der Waals surface area contributed by atoms with Crippen LogP contribution in [0.4, 0.5) is 11.4 Å². The molecule has 0 amide bonds. The number of hydrogen-bond acceptors (Lipinski definition) is 6. The zero-order valence-electron chi connectivity index (χ0n) is 8.57. The standard InChI is InChI=1S/C9H8N2O6/c12-10(13)7-2-1-3-8(9(7)11(14)15)17-5-6-4-16-6/h1-3,6H,4-5H2. The van der Waals surface area contributed by atoms with Crippen molar-refractivity contribution in [2.24, 2.45) is 0 Å². The van der Waals surface area contributed by atoms with E-state index < -0.39 is 21.2 Å². The summed E-state index contributed by atoms with van der Waals surface area (Å²) in [5, 5.41) is 21.4. The second-order valence-electron chi connectivity index (χ2n) is 3.40. The van der Waals surface area contributed by atoms with E-state index >= 15 is 0 Å². The zero-order valence-corrected chi connectivity index (χ0v) is 8.57. The minimum Gasteiger partial charge on any atom is -0.484 e. The molecule has 1 saturated heterocycles. The smallest absolute Gasteiger partial charge is 0.387 e. The minimum absolute atomic E-state index is 0.0751. The van der Waals surface area contributed by atoms with Crippen LogP contribution in [-0.2, 0) is 4.74 Å². The molecule has 1 atom stereocenters. The lowest BCUT2D eigenvalue weighted by atomic mass is 10.2. The third kappa shape index (κ3) is 2.48. The van der Waals surface area contributed by atoms with Crippen LogP contribution in [0.3, 0.4) is 0 Å². The summed E-state index contributed by atoms with van der Waals surface area (Å²) in [6.07, 6.45) is -0.0751. The summed E-state index contributed by atoms with van der Waals surface area (Å²) in [4.78, 5) is 19.8. The van der Waals surface area contributed by atoms with E-state index in [2.05, 4.69) is 0 Å². The molecule has 8 nitrogen and oxygen atoms in total. The van der Waals surface area contributed by atoms with Gasteiger partial charge in [-0.25, -0.2) is 0 Å². The average molecular weight is 240 g/mol. The molecule has 1 aromatic rings. The molecule has 90 valence electrons. The molecule has 0 aromatic heterocycles. The maximum Gasteiger partial charge on any atom is 0.387 e.